The van der Waals surface area contributed by atoms with E-state index in [4.69, 9.17) is 9.47 Å². The summed E-state index contributed by atoms with van der Waals surface area (Å²) in [5, 5.41) is 4.22. The molecule has 3 heterocycles. The molecule has 0 aliphatic carbocycles. The first-order valence-electron chi connectivity index (χ1n) is 8.59. The van der Waals surface area contributed by atoms with Crippen molar-refractivity contribution >= 4 is 5.91 Å². The first-order valence-corrected chi connectivity index (χ1v) is 8.59. The minimum Gasteiger partial charge on any atom is -0.493 e. The molecule has 1 aromatic carbocycles. The zero-order chi connectivity index (χ0) is 17.4. The number of methoxy groups -OCH3 is 2. The summed E-state index contributed by atoms with van der Waals surface area (Å²) in [5.74, 6) is 2.62. The van der Waals surface area contributed by atoms with E-state index in [1.54, 1.807) is 20.5 Å². The molecule has 1 atom stereocenters. The molecular formula is C18H22N4O3. The third-order valence-corrected chi connectivity index (χ3v) is 5.18. The van der Waals surface area contributed by atoms with Crippen LogP contribution in [0.1, 0.15) is 23.4 Å². The zero-order valence-electron chi connectivity index (χ0n) is 14.6. The van der Waals surface area contributed by atoms with Crippen molar-refractivity contribution < 1.29 is 14.3 Å². The van der Waals surface area contributed by atoms with E-state index in [0.29, 0.717) is 18.8 Å². The second kappa shape index (κ2) is 6.38. The van der Waals surface area contributed by atoms with Gasteiger partial charge in [-0.15, -0.1) is 0 Å². The van der Waals surface area contributed by atoms with Crippen LogP contribution in [0, 0.1) is 5.92 Å². The third kappa shape index (κ3) is 2.83. The number of hydrogen-bond donors (Lipinski definition) is 0. The summed E-state index contributed by atoms with van der Waals surface area (Å²) >= 11 is 0. The van der Waals surface area contributed by atoms with Crippen molar-refractivity contribution in [3.63, 3.8) is 0 Å². The number of benzene rings is 1. The molecule has 0 N–H and O–H groups in total. The Labute approximate surface area is 146 Å². The van der Waals surface area contributed by atoms with E-state index < -0.39 is 0 Å². The van der Waals surface area contributed by atoms with Crippen molar-refractivity contribution in [3.05, 3.63) is 35.4 Å². The van der Waals surface area contributed by atoms with Gasteiger partial charge >= 0.3 is 0 Å². The molecular weight excluding hydrogens is 320 g/mol. The Morgan fingerprint density at radius 3 is 2.68 bits per heavy atom. The van der Waals surface area contributed by atoms with E-state index in [-0.39, 0.29) is 11.8 Å². The van der Waals surface area contributed by atoms with Crippen molar-refractivity contribution in [1.29, 1.82) is 0 Å². The fraction of sp³-hybridized carbons (Fsp3) is 0.500. The molecule has 0 saturated heterocycles. The number of fused-ring (bicyclic) bond motifs is 2. The molecule has 0 spiro atoms. The average Bonchev–Trinajstić information content (AvgIpc) is 3.13. The zero-order valence-corrected chi connectivity index (χ0v) is 14.6. The summed E-state index contributed by atoms with van der Waals surface area (Å²) in [6, 6.07) is 4.02. The van der Waals surface area contributed by atoms with Crippen LogP contribution >= 0.6 is 0 Å². The van der Waals surface area contributed by atoms with Crippen LogP contribution in [0.25, 0.3) is 0 Å². The summed E-state index contributed by atoms with van der Waals surface area (Å²) in [7, 11) is 3.28. The monoisotopic (exact) mass is 342 g/mol. The van der Waals surface area contributed by atoms with Gasteiger partial charge in [0.2, 0.25) is 5.91 Å². The number of carbonyl (C=O) groups excluding carboxylic acids is 1. The Bertz CT molecular complexity index is 802. The Balaban J connectivity index is 1.51. The normalized spacial score (nSPS) is 19.1. The predicted octanol–water partition coefficient (Wildman–Crippen LogP) is 1.44. The first kappa shape index (κ1) is 15.9. The topological polar surface area (TPSA) is 69.5 Å². The highest BCUT2D eigenvalue weighted by Gasteiger charge is 2.31. The molecule has 2 aliphatic rings. The molecule has 0 radical (unpaired) electrons. The Hall–Kier alpha value is -2.57. The number of hydrogen-bond acceptors (Lipinski definition) is 5. The molecule has 0 saturated carbocycles. The smallest absolute Gasteiger partial charge is 0.227 e. The minimum absolute atomic E-state index is 0.0177. The Kier molecular flexibility index (Phi) is 4.07. The van der Waals surface area contributed by atoms with Crippen molar-refractivity contribution in [3.8, 4) is 11.5 Å². The van der Waals surface area contributed by atoms with Crippen molar-refractivity contribution in [2.45, 2.75) is 32.4 Å². The number of aromatic nitrogens is 3. The summed E-state index contributed by atoms with van der Waals surface area (Å²) in [6.45, 7) is 1.99. The van der Waals surface area contributed by atoms with Crippen molar-refractivity contribution in [2.24, 2.45) is 5.92 Å². The maximum Gasteiger partial charge on any atom is 0.227 e. The van der Waals surface area contributed by atoms with E-state index in [2.05, 4.69) is 10.1 Å². The molecule has 0 fully saturated rings. The molecule has 1 amide bonds. The van der Waals surface area contributed by atoms with E-state index in [0.717, 1.165) is 42.9 Å². The van der Waals surface area contributed by atoms with E-state index >= 15 is 0 Å². The summed E-state index contributed by atoms with van der Waals surface area (Å²) in [6.07, 6.45) is 4.06. The number of aryl methyl sites for hydroxylation is 1. The summed E-state index contributed by atoms with van der Waals surface area (Å²) < 4.78 is 12.6. The van der Waals surface area contributed by atoms with Gasteiger partial charge in [0.05, 0.1) is 26.7 Å². The first-order chi connectivity index (χ1) is 12.2. The molecule has 7 heteroatoms. The molecule has 4 rings (SSSR count). The summed E-state index contributed by atoms with van der Waals surface area (Å²) in [4.78, 5) is 19.2. The van der Waals surface area contributed by atoms with Gasteiger partial charge in [0.25, 0.3) is 0 Å². The third-order valence-electron chi connectivity index (χ3n) is 5.18. The van der Waals surface area contributed by atoms with Crippen LogP contribution in [0.5, 0.6) is 11.5 Å². The lowest BCUT2D eigenvalue weighted by Gasteiger charge is -2.33. The highest BCUT2D eigenvalue weighted by atomic mass is 16.5. The van der Waals surface area contributed by atoms with E-state index in [9.17, 15) is 4.79 Å². The van der Waals surface area contributed by atoms with Gasteiger partial charge in [0, 0.05) is 19.5 Å². The SMILES string of the molecule is COc1cc2c(cc1OC)CN(C(=O)C1CCc3ncnn3C1)CC2. The lowest BCUT2D eigenvalue weighted by Crippen LogP contribution is -2.42. The van der Waals surface area contributed by atoms with Crippen LogP contribution in [0.15, 0.2) is 18.5 Å². The van der Waals surface area contributed by atoms with Crippen molar-refractivity contribution in [2.75, 3.05) is 20.8 Å². The molecule has 2 aliphatic heterocycles. The Morgan fingerprint density at radius 1 is 1.16 bits per heavy atom. The van der Waals surface area contributed by atoms with Crippen molar-refractivity contribution in [1.82, 2.24) is 19.7 Å². The van der Waals surface area contributed by atoms with Crippen LogP contribution in [-0.4, -0.2) is 46.3 Å². The molecule has 132 valence electrons. The number of rotatable bonds is 3. The minimum atomic E-state index is -0.0177. The molecule has 1 aromatic heterocycles. The van der Waals surface area contributed by atoms with Crippen LogP contribution in [-0.2, 0) is 30.7 Å². The van der Waals surface area contributed by atoms with Crippen LogP contribution < -0.4 is 9.47 Å². The van der Waals surface area contributed by atoms with Gasteiger partial charge in [-0.05, 0) is 36.1 Å². The molecule has 0 bridgehead atoms. The van der Waals surface area contributed by atoms with Gasteiger partial charge < -0.3 is 14.4 Å². The van der Waals surface area contributed by atoms with Crippen LogP contribution in [0.2, 0.25) is 0 Å². The number of carbonyl (C=O) groups is 1. The fourth-order valence-corrected chi connectivity index (χ4v) is 3.77. The highest BCUT2D eigenvalue weighted by molar-refractivity contribution is 5.79. The van der Waals surface area contributed by atoms with Gasteiger partial charge in [-0.2, -0.15) is 5.10 Å². The molecule has 2 aromatic rings. The second-order valence-corrected chi connectivity index (χ2v) is 6.58. The average molecular weight is 342 g/mol. The van der Waals surface area contributed by atoms with Crippen LogP contribution in [0.4, 0.5) is 0 Å². The van der Waals surface area contributed by atoms with E-state index in [1.807, 2.05) is 21.7 Å². The van der Waals surface area contributed by atoms with Gasteiger partial charge in [-0.3, -0.25) is 4.79 Å². The Morgan fingerprint density at radius 2 is 1.92 bits per heavy atom. The molecule has 1 unspecified atom stereocenters. The molecule has 25 heavy (non-hydrogen) atoms. The van der Waals surface area contributed by atoms with Gasteiger partial charge in [-0.25, -0.2) is 9.67 Å². The fourth-order valence-electron chi connectivity index (χ4n) is 3.77. The standard InChI is InChI=1S/C18H22N4O3/c1-24-15-7-12-5-6-21(9-14(12)8-16(15)25-2)18(23)13-3-4-17-19-11-20-22(17)10-13/h7-8,11,13H,3-6,9-10H2,1-2H3. The number of ether oxygens (including phenoxy) is 2. The lowest BCUT2D eigenvalue weighted by atomic mass is 9.94. The maximum absolute atomic E-state index is 13.0. The molecule has 7 nitrogen and oxygen atoms in total. The van der Waals surface area contributed by atoms with Crippen LogP contribution in [0.3, 0.4) is 0 Å². The quantitative estimate of drug-likeness (QED) is 0.844. The maximum atomic E-state index is 13.0. The lowest BCUT2D eigenvalue weighted by molar-refractivity contribution is -0.137. The van der Waals surface area contributed by atoms with Gasteiger partial charge in [0.1, 0.15) is 12.2 Å². The summed E-state index contributed by atoms with van der Waals surface area (Å²) in [5.41, 5.74) is 2.36. The largest absolute Gasteiger partial charge is 0.493 e. The number of nitrogens with zero attached hydrogens (tertiary/aromatic N) is 4. The van der Waals surface area contributed by atoms with Gasteiger partial charge in [-0.1, -0.05) is 0 Å². The highest BCUT2D eigenvalue weighted by Crippen LogP contribution is 2.34. The number of amides is 1. The second-order valence-electron chi connectivity index (χ2n) is 6.58. The predicted molar refractivity (Wildman–Crippen MR) is 90.5 cm³/mol. The van der Waals surface area contributed by atoms with E-state index in [1.165, 1.54) is 5.56 Å². The van der Waals surface area contributed by atoms with Gasteiger partial charge in [0.15, 0.2) is 11.5 Å².